The summed E-state index contributed by atoms with van der Waals surface area (Å²) in [7, 11) is 1.57. The van der Waals surface area contributed by atoms with Gasteiger partial charge in [-0.05, 0) is 13.0 Å². The number of pyridine rings is 1. The van der Waals surface area contributed by atoms with E-state index >= 15 is 0 Å². The lowest BCUT2D eigenvalue weighted by molar-refractivity contribution is 0.398. The summed E-state index contributed by atoms with van der Waals surface area (Å²) in [6, 6.07) is 3.48. The summed E-state index contributed by atoms with van der Waals surface area (Å²) < 4.78 is 4.95. The number of nitrogens with two attached hydrogens (primary N) is 1. The van der Waals surface area contributed by atoms with E-state index in [1.54, 1.807) is 19.4 Å². The van der Waals surface area contributed by atoms with E-state index in [0.717, 1.165) is 5.56 Å². The van der Waals surface area contributed by atoms with E-state index in [1.165, 1.54) is 0 Å². The minimum Gasteiger partial charge on any atom is -0.481 e. The molecule has 1 aromatic rings. The molecule has 1 heterocycles. The molecule has 13 heavy (non-hydrogen) atoms. The van der Waals surface area contributed by atoms with Gasteiger partial charge in [-0.2, -0.15) is 0 Å². The number of hydrogen-bond donors (Lipinski definition) is 1. The molecular weight excluding hydrogens is 164 g/mol. The number of aromatic nitrogens is 1. The molecule has 1 atom stereocenters. The molecule has 0 aliphatic carbocycles. The molecule has 0 fully saturated rings. The van der Waals surface area contributed by atoms with Gasteiger partial charge in [0.05, 0.1) is 13.2 Å². The molecule has 3 nitrogen and oxygen atoms in total. The maximum atomic E-state index is 5.49. The van der Waals surface area contributed by atoms with E-state index in [4.69, 9.17) is 10.5 Å². The Morgan fingerprint density at radius 2 is 2.38 bits per heavy atom. The van der Waals surface area contributed by atoms with Crippen LogP contribution >= 0.6 is 0 Å². The van der Waals surface area contributed by atoms with Crippen LogP contribution in [0.3, 0.4) is 0 Å². The molecule has 1 rings (SSSR count). The Morgan fingerprint density at radius 3 is 3.00 bits per heavy atom. The highest BCUT2D eigenvalue weighted by molar-refractivity contribution is 5.36. The molecule has 0 aromatic carbocycles. The lowest BCUT2D eigenvalue weighted by atomic mass is 10.2. The van der Waals surface area contributed by atoms with E-state index in [2.05, 4.69) is 16.8 Å². The lowest BCUT2D eigenvalue weighted by Gasteiger charge is -1.97. The van der Waals surface area contributed by atoms with Crippen molar-refractivity contribution in [3.63, 3.8) is 0 Å². The topological polar surface area (TPSA) is 48.1 Å². The first-order valence-electron chi connectivity index (χ1n) is 3.99. The summed E-state index contributed by atoms with van der Waals surface area (Å²) in [5.41, 5.74) is 6.36. The van der Waals surface area contributed by atoms with Gasteiger partial charge in [0.2, 0.25) is 5.88 Å². The second-order valence-electron chi connectivity index (χ2n) is 2.64. The summed E-state index contributed by atoms with van der Waals surface area (Å²) in [5, 5.41) is 0. The highest BCUT2D eigenvalue weighted by Crippen LogP contribution is 2.06. The average Bonchev–Trinajstić information content (AvgIpc) is 2.15. The fourth-order valence-electron chi connectivity index (χ4n) is 0.796. The zero-order valence-corrected chi connectivity index (χ0v) is 7.74. The van der Waals surface area contributed by atoms with Crippen LogP contribution in [0.2, 0.25) is 0 Å². The van der Waals surface area contributed by atoms with Crippen molar-refractivity contribution in [3.05, 3.63) is 23.9 Å². The van der Waals surface area contributed by atoms with Gasteiger partial charge in [0, 0.05) is 17.8 Å². The maximum absolute atomic E-state index is 5.49. The minimum atomic E-state index is -0.112. The van der Waals surface area contributed by atoms with Gasteiger partial charge in [0.15, 0.2) is 0 Å². The van der Waals surface area contributed by atoms with Crippen LogP contribution in [0.15, 0.2) is 18.3 Å². The van der Waals surface area contributed by atoms with Gasteiger partial charge in [-0.15, -0.1) is 0 Å². The Balaban J connectivity index is 2.85. The van der Waals surface area contributed by atoms with Gasteiger partial charge in [-0.3, -0.25) is 0 Å². The molecular formula is C10H12N2O. The second kappa shape index (κ2) is 4.48. The number of nitrogens with zero attached hydrogens (tertiary/aromatic N) is 1. The summed E-state index contributed by atoms with van der Waals surface area (Å²) in [6.45, 7) is 1.84. The first kappa shape index (κ1) is 9.56. The molecule has 68 valence electrons. The molecule has 0 saturated carbocycles. The molecule has 2 N–H and O–H groups in total. The van der Waals surface area contributed by atoms with Gasteiger partial charge < -0.3 is 10.5 Å². The van der Waals surface area contributed by atoms with Crippen LogP contribution in [0.4, 0.5) is 0 Å². The standard InChI is InChI=1S/C10H12N2O/c1-8(11)3-4-9-5-6-12-10(7-9)13-2/h5-8H,11H2,1-2H3. The molecule has 0 aliphatic heterocycles. The van der Waals surface area contributed by atoms with Crippen LogP contribution in [-0.2, 0) is 0 Å². The normalized spacial score (nSPS) is 11.3. The third kappa shape index (κ3) is 3.14. The minimum absolute atomic E-state index is 0.112. The Hall–Kier alpha value is -1.53. The van der Waals surface area contributed by atoms with Crippen LogP contribution in [0, 0.1) is 11.8 Å². The zero-order valence-electron chi connectivity index (χ0n) is 7.74. The molecule has 0 radical (unpaired) electrons. The number of rotatable bonds is 1. The van der Waals surface area contributed by atoms with Gasteiger partial charge in [0.25, 0.3) is 0 Å². The van der Waals surface area contributed by atoms with Crippen LogP contribution in [0.25, 0.3) is 0 Å². The van der Waals surface area contributed by atoms with Crippen molar-refractivity contribution in [2.24, 2.45) is 5.73 Å². The van der Waals surface area contributed by atoms with Crippen molar-refractivity contribution in [1.29, 1.82) is 0 Å². The van der Waals surface area contributed by atoms with Gasteiger partial charge in [-0.25, -0.2) is 4.98 Å². The first-order chi connectivity index (χ1) is 6.22. The molecule has 0 saturated heterocycles. The molecule has 1 unspecified atom stereocenters. The van der Waals surface area contributed by atoms with Crippen LogP contribution in [0.1, 0.15) is 12.5 Å². The van der Waals surface area contributed by atoms with Crippen molar-refractivity contribution in [2.45, 2.75) is 13.0 Å². The summed E-state index contributed by atoms with van der Waals surface area (Å²) >= 11 is 0. The Morgan fingerprint density at radius 1 is 1.62 bits per heavy atom. The van der Waals surface area contributed by atoms with E-state index in [0.29, 0.717) is 5.88 Å². The highest BCUT2D eigenvalue weighted by Gasteiger charge is 1.92. The van der Waals surface area contributed by atoms with Crippen LogP contribution < -0.4 is 10.5 Å². The third-order valence-electron chi connectivity index (χ3n) is 1.39. The molecule has 1 aromatic heterocycles. The van der Waals surface area contributed by atoms with E-state index in [1.807, 2.05) is 13.0 Å². The quantitative estimate of drug-likeness (QED) is 0.643. The molecule has 0 spiro atoms. The van der Waals surface area contributed by atoms with E-state index in [9.17, 15) is 0 Å². The zero-order chi connectivity index (χ0) is 9.68. The lowest BCUT2D eigenvalue weighted by Crippen LogP contribution is -2.10. The van der Waals surface area contributed by atoms with Crippen LogP contribution in [-0.4, -0.2) is 18.1 Å². The maximum Gasteiger partial charge on any atom is 0.214 e. The van der Waals surface area contributed by atoms with E-state index < -0.39 is 0 Å². The summed E-state index contributed by atoms with van der Waals surface area (Å²) in [6.07, 6.45) is 1.66. The highest BCUT2D eigenvalue weighted by atomic mass is 16.5. The van der Waals surface area contributed by atoms with Crippen molar-refractivity contribution in [2.75, 3.05) is 7.11 Å². The average molecular weight is 176 g/mol. The van der Waals surface area contributed by atoms with Crippen molar-refractivity contribution in [1.82, 2.24) is 4.98 Å². The number of methoxy groups -OCH3 is 1. The SMILES string of the molecule is COc1cc(C#CC(C)N)ccn1. The number of ether oxygens (including phenoxy) is 1. The van der Waals surface area contributed by atoms with Gasteiger partial charge in [0.1, 0.15) is 0 Å². The Bertz CT molecular complexity index is 336. The predicted molar refractivity (Wildman–Crippen MR) is 51.3 cm³/mol. The van der Waals surface area contributed by atoms with Crippen molar-refractivity contribution >= 4 is 0 Å². The summed E-state index contributed by atoms with van der Waals surface area (Å²) in [4.78, 5) is 3.96. The smallest absolute Gasteiger partial charge is 0.214 e. The largest absolute Gasteiger partial charge is 0.481 e. The van der Waals surface area contributed by atoms with E-state index in [-0.39, 0.29) is 6.04 Å². The summed E-state index contributed by atoms with van der Waals surface area (Å²) in [5.74, 6) is 6.35. The second-order valence-corrected chi connectivity index (χ2v) is 2.64. The van der Waals surface area contributed by atoms with Gasteiger partial charge in [-0.1, -0.05) is 11.8 Å². The first-order valence-corrected chi connectivity index (χ1v) is 3.99. The molecule has 0 amide bonds. The fraction of sp³-hybridized carbons (Fsp3) is 0.300. The molecule has 0 aliphatic rings. The molecule has 0 bridgehead atoms. The van der Waals surface area contributed by atoms with Crippen LogP contribution in [0.5, 0.6) is 5.88 Å². The molecule has 3 heteroatoms. The Labute approximate surface area is 77.9 Å². The monoisotopic (exact) mass is 176 g/mol. The van der Waals surface area contributed by atoms with Crippen molar-refractivity contribution < 1.29 is 4.74 Å². The fourth-order valence-corrected chi connectivity index (χ4v) is 0.796. The van der Waals surface area contributed by atoms with Crippen molar-refractivity contribution in [3.8, 4) is 17.7 Å². The third-order valence-corrected chi connectivity index (χ3v) is 1.39. The Kier molecular flexibility index (Phi) is 3.30. The number of hydrogen-bond acceptors (Lipinski definition) is 3. The predicted octanol–water partition coefficient (Wildman–Crippen LogP) is 0.789. The van der Waals surface area contributed by atoms with Gasteiger partial charge >= 0.3 is 0 Å².